The molecule has 0 aromatic carbocycles. The number of aryl methyl sites for hydroxylation is 1. The fourth-order valence-electron chi connectivity index (χ4n) is 3.65. The highest BCUT2D eigenvalue weighted by atomic mass is 15.1. The van der Waals surface area contributed by atoms with E-state index in [4.69, 9.17) is 4.98 Å². The summed E-state index contributed by atoms with van der Waals surface area (Å²) in [5.74, 6) is 2.82. The molecule has 1 aromatic heterocycles. The molecule has 0 saturated heterocycles. The van der Waals surface area contributed by atoms with Crippen molar-refractivity contribution in [2.24, 2.45) is 5.92 Å². The molecular formula is C17H29N3. The van der Waals surface area contributed by atoms with Gasteiger partial charge in [0.2, 0.25) is 0 Å². The van der Waals surface area contributed by atoms with Crippen LogP contribution in [0, 0.1) is 5.92 Å². The van der Waals surface area contributed by atoms with Crippen molar-refractivity contribution in [3.05, 3.63) is 18.2 Å². The van der Waals surface area contributed by atoms with Gasteiger partial charge in [-0.1, -0.05) is 26.2 Å². The van der Waals surface area contributed by atoms with Gasteiger partial charge in [-0.15, -0.1) is 0 Å². The molecule has 0 bridgehead atoms. The van der Waals surface area contributed by atoms with E-state index >= 15 is 0 Å². The molecule has 2 atom stereocenters. The first-order chi connectivity index (χ1) is 9.88. The maximum atomic E-state index is 4.73. The van der Waals surface area contributed by atoms with Crippen LogP contribution in [-0.4, -0.2) is 22.1 Å². The molecular weight excluding hydrogens is 246 g/mol. The number of nitrogens with one attached hydrogen (secondary N) is 1. The average molecular weight is 275 g/mol. The van der Waals surface area contributed by atoms with Crippen LogP contribution in [0.1, 0.15) is 70.0 Å². The van der Waals surface area contributed by atoms with Crippen molar-refractivity contribution < 1.29 is 0 Å². The summed E-state index contributed by atoms with van der Waals surface area (Å²) in [6, 6.07) is 0.828. The quantitative estimate of drug-likeness (QED) is 0.802. The zero-order valence-corrected chi connectivity index (χ0v) is 12.9. The van der Waals surface area contributed by atoms with E-state index in [0.29, 0.717) is 5.92 Å². The van der Waals surface area contributed by atoms with E-state index in [1.807, 2.05) is 6.20 Å². The van der Waals surface area contributed by atoms with Crippen molar-refractivity contribution >= 4 is 0 Å². The predicted molar refractivity (Wildman–Crippen MR) is 82.9 cm³/mol. The van der Waals surface area contributed by atoms with E-state index in [9.17, 15) is 0 Å². The van der Waals surface area contributed by atoms with Gasteiger partial charge in [-0.2, -0.15) is 0 Å². The molecule has 20 heavy (non-hydrogen) atoms. The third-order valence-electron chi connectivity index (χ3n) is 4.95. The predicted octanol–water partition coefficient (Wildman–Crippen LogP) is 3.71. The topological polar surface area (TPSA) is 29.9 Å². The van der Waals surface area contributed by atoms with Crippen molar-refractivity contribution in [1.29, 1.82) is 0 Å². The molecule has 3 rings (SSSR count). The average Bonchev–Trinajstić information content (AvgIpc) is 3.22. The third kappa shape index (κ3) is 3.43. The Morgan fingerprint density at radius 3 is 2.85 bits per heavy atom. The standard InChI is InChI=1S/C17H29N3/c1-2-11-20-12-10-18-17(20)16-7-5-3-4-6-14(16)13-19-15-8-9-15/h10,12,14-16,19H,2-9,11,13H2,1H3. The molecule has 2 unspecified atom stereocenters. The summed E-state index contributed by atoms with van der Waals surface area (Å²) in [6.45, 7) is 4.58. The monoisotopic (exact) mass is 275 g/mol. The molecule has 112 valence electrons. The molecule has 1 aromatic rings. The molecule has 2 saturated carbocycles. The number of aromatic nitrogens is 2. The summed E-state index contributed by atoms with van der Waals surface area (Å²) in [5, 5.41) is 3.76. The second kappa shape index (κ2) is 6.75. The summed E-state index contributed by atoms with van der Waals surface area (Å²) in [4.78, 5) is 4.73. The zero-order chi connectivity index (χ0) is 13.8. The largest absolute Gasteiger partial charge is 0.335 e. The number of rotatable bonds is 6. The van der Waals surface area contributed by atoms with Gasteiger partial charge in [0.25, 0.3) is 0 Å². The second-order valence-electron chi connectivity index (χ2n) is 6.67. The molecule has 2 aliphatic carbocycles. The van der Waals surface area contributed by atoms with Gasteiger partial charge in [0.15, 0.2) is 0 Å². The number of imidazole rings is 1. The SMILES string of the molecule is CCCn1ccnc1C1CCCCCC1CNC1CC1. The Morgan fingerprint density at radius 2 is 2.05 bits per heavy atom. The van der Waals surface area contributed by atoms with Gasteiger partial charge < -0.3 is 9.88 Å². The van der Waals surface area contributed by atoms with Crippen LogP contribution in [0.25, 0.3) is 0 Å². The van der Waals surface area contributed by atoms with Crippen LogP contribution in [0.15, 0.2) is 12.4 Å². The van der Waals surface area contributed by atoms with E-state index in [0.717, 1.165) is 18.5 Å². The fraction of sp³-hybridized carbons (Fsp3) is 0.824. The highest BCUT2D eigenvalue weighted by Gasteiger charge is 2.30. The van der Waals surface area contributed by atoms with Crippen molar-refractivity contribution in [3.63, 3.8) is 0 Å². The lowest BCUT2D eigenvalue weighted by atomic mass is 9.87. The van der Waals surface area contributed by atoms with E-state index in [1.165, 1.54) is 63.7 Å². The highest BCUT2D eigenvalue weighted by molar-refractivity contribution is 5.04. The molecule has 1 heterocycles. The molecule has 0 amide bonds. The normalized spacial score (nSPS) is 27.4. The van der Waals surface area contributed by atoms with Crippen LogP contribution in [0.4, 0.5) is 0 Å². The van der Waals surface area contributed by atoms with E-state index in [-0.39, 0.29) is 0 Å². The summed E-state index contributed by atoms with van der Waals surface area (Å²) in [7, 11) is 0. The van der Waals surface area contributed by atoms with Crippen LogP contribution < -0.4 is 5.32 Å². The summed E-state index contributed by atoms with van der Waals surface area (Å²) < 4.78 is 2.40. The first-order valence-corrected chi connectivity index (χ1v) is 8.63. The Hall–Kier alpha value is -0.830. The minimum atomic E-state index is 0.672. The minimum Gasteiger partial charge on any atom is -0.335 e. The van der Waals surface area contributed by atoms with Gasteiger partial charge in [-0.3, -0.25) is 0 Å². The maximum absolute atomic E-state index is 4.73. The van der Waals surface area contributed by atoms with Gasteiger partial charge in [0.1, 0.15) is 5.82 Å². The molecule has 2 fully saturated rings. The van der Waals surface area contributed by atoms with Crippen LogP contribution >= 0.6 is 0 Å². The smallest absolute Gasteiger partial charge is 0.112 e. The van der Waals surface area contributed by atoms with E-state index in [1.54, 1.807) is 0 Å². The van der Waals surface area contributed by atoms with Crippen molar-refractivity contribution in [1.82, 2.24) is 14.9 Å². The summed E-state index contributed by atoms with van der Waals surface area (Å²) in [6.07, 6.45) is 15.1. The Labute approximate surface area is 123 Å². The third-order valence-corrected chi connectivity index (χ3v) is 4.95. The molecule has 2 aliphatic rings. The van der Waals surface area contributed by atoms with Crippen molar-refractivity contribution in [2.45, 2.75) is 76.8 Å². The van der Waals surface area contributed by atoms with Gasteiger partial charge in [-0.25, -0.2) is 4.98 Å². The molecule has 1 N–H and O–H groups in total. The number of hydrogen-bond acceptors (Lipinski definition) is 2. The van der Waals surface area contributed by atoms with Gasteiger partial charge >= 0.3 is 0 Å². The van der Waals surface area contributed by atoms with Crippen molar-refractivity contribution in [2.75, 3.05) is 6.54 Å². The van der Waals surface area contributed by atoms with Crippen LogP contribution in [0.3, 0.4) is 0 Å². The van der Waals surface area contributed by atoms with Gasteiger partial charge in [-0.05, 0) is 44.6 Å². The minimum absolute atomic E-state index is 0.672. The Bertz CT molecular complexity index is 408. The van der Waals surface area contributed by atoms with Crippen LogP contribution in [0.5, 0.6) is 0 Å². The summed E-state index contributed by atoms with van der Waals surface area (Å²) in [5.41, 5.74) is 0. The Kier molecular flexibility index (Phi) is 4.77. The number of hydrogen-bond donors (Lipinski definition) is 1. The Morgan fingerprint density at radius 1 is 1.20 bits per heavy atom. The van der Waals surface area contributed by atoms with Crippen LogP contribution in [-0.2, 0) is 6.54 Å². The lowest BCUT2D eigenvalue weighted by Crippen LogP contribution is -2.29. The highest BCUT2D eigenvalue weighted by Crippen LogP contribution is 2.36. The molecule has 0 radical (unpaired) electrons. The second-order valence-corrected chi connectivity index (χ2v) is 6.67. The van der Waals surface area contributed by atoms with Crippen molar-refractivity contribution in [3.8, 4) is 0 Å². The first-order valence-electron chi connectivity index (χ1n) is 8.63. The molecule has 3 heteroatoms. The molecule has 0 spiro atoms. The lowest BCUT2D eigenvalue weighted by Gasteiger charge is -2.26. The lowest BCUT2D eigenvalue weighted by molar-refractivity contribution is 0.353. The molecule has 0 aliphatic heterocycles. The van der Waals surface area contributed by atoms with Crippen LogP contribution in [0.2, 0.25) is 0 Å². The first kappa shape index (κ1) is 14.1. The van der Waals surface area contributed by atoms with E-state index < -0.39 is 0 Å². The van der Waals surface area contributed by atoms with E-state index in [2.05, 4.69) is 23.0 Å². The van der Waals surface area contributed by atoms with Gasteiger partial charge in [0, 0.05) is 30.9 Å². The number of nitrogens with zero attached hydrogens (tertiary/aromatic N) is 2. The zero-order valence-electron chi connectivity index (χ0n) is 12.9. The Balaban J connectivity index is 1.72. The molecule has 3 nitrogen and oxygen atoms in total. The fourth-order valence-corrected chi connectivity index (χ4v) is 3.65. The maximum Gasteiger partial charge on any atom is 0.112 e. The van der Waals surface area contributed by atoms with Gasteiger partial charge in [0.05, 0.1) is 0 Å². The summed E-state index contributed by atoms with van der Waals surface area (Å²) >= 11 is 0.